The zero-order valence-corrected chi connectivity index (χ0v) is 13.5. The fourth-order valence-electron chi connectivity index (χ4n) is 1.76. The Kier molecular flexibility index (Phi) is 5.54. The molecule has 0 saturated heterocycles. The lowest BCUT2D eigenvalue weighted by Gasteiger charge is -2.07. The minimum atomic E-state index is -0.472. The Bertz CT molecular complexity index is 739. The molecular formula is C16H16ClN3O3. The van der Waals surface area contributed by atoms with Gasteiger partial charge in [-0.3, -0.25) is 9.59 Å². The number of amides is 2. The highest BCUT2D eigenvalue weighted by Gasteiger charge is 2.09. The smallest absolute Gasteiger partial charge is 0.307 e. The number of hydrogen-bond acceptors (Lipinski definition) is 4. The molecule has 0 aliphatic heterocycles. The van der Waals surface area contributed by atoms with Crippen molar-refractivity contribution < 1.29 is 14.0 Å². The Balaban J connectivity index is 1.87. The highest BCUT2D eigenvalue weighted by Crippen LogP contribution is 2.20. The molecule has 0 aliphatic rings. The van der Waals surface area contributed by atoms with Crippen LogP contribution in [0, 0.1) is 6.92 Å². The molecule has 120 valence electrons. The van der Waals surface area contributed by atoms with Crippen LogP contribution in [0.15, 0.2) is 46.1 Å². The predicted octanol–water partition coefficient (Wildman–Crippen LogP) is 3.38. The number of halogens is 1. The van der Waals surface area contributed by atoms with Crippen molar-refractivity contribution in [3.63, 3.8) is 0 Å². The molecule has 0 radical (unpaired) electrons. The molecule has 2 N–H and O–H groups in total. The summed E-state index contributed by atoms with van der Waals surface area (Å²) in [7, 11) is 0. The highest BCUT2D eigenvalue weighted by molar-refractivity contribution is 6.31. The number of benzene rings is 1. The molecule has 0 atom stereocenters. The molecule has 0 unspecified atom stereocenters. The average molecular weight is 334 g/mol. The van der Waals surface area contributed by atoms with Gasteiger partial charge in [0.25, 0.3) is 0 Å². The van der Waals surface area contributed by atoms with E-state index in [1.807, 2.05) is 13.0 Å². The summed E-state index contributed by atoms with van der Waals surface area (Å²) in [6.45, 7) is 3.52. The molecule has 2 aromatic rings. The number of anilines is 1. The van der Waals surface area contributed by atoms with Crippen LogP contribution >= 0.6 is 11.6 Å². The number of carbonyl (C=O) groups is 2. The third-order valence-electron chi connectivity index (χ3n) is 2.97. The van der Waals surface area contributed by atoms with Crippen LogP contribution in [0.5, 0.6) is 0 Å². The van der Waals surface area contributed by atoms with Crippen molar-refractivity contribution in [2.45, 2.75) is 20.3 Å². The second-order valence-electron chi connectivity index (χ2n) is 4.95. The number of nitrogens with one attached hydrogen (secondary N) is 2. The van der Waals surface area contributed by atoms with Crippen molar-refractivity contribution in [1.82, 2.24) is 5.43 Å². The van der Waals surface area contributed by atoms with Gasteiger partial charge in [0.15, 0.2) is 5.76 Å². The first-order valence-electron chi connectivity index (χ1n) is 6.88. The normalized spacial score (nSPS) is 11.2. The highest BCUT2D eigenvalue weighted by atomic mass is 35.5. The van der Waals surface area contributed by atoms with E-state index in [1.165, 1.54) is 12.3 Å². The van der Waals surface area contributed by atoms with Gasteiger partial charge in [0.1, 0.15) is 0 Å². The first kappa shape index (κ1) is 16.8. The average Bonchev–Trinajstić information content (AvgIpc) is 3.03. The van der Waals surface area contributed by atoms with Gasteiger partial charge in [-0.05, 0) is 43.7 Å². The first-order chi connectivity index (χ1) is 11.0. The molecule has 1 aromatic carbocycles. The Hall–Kier alpha value is -2.60. The van der Waals surface area contributed by atoms with Crippen molar-refractivity contribution in [1.29, 1.82) is 0 Å². The van der Waals surface area contributed by atoms with Crippen LogP contribution in [0.2, 0.25) is 5.02 Å². The summed E-state index contributed by atoms with van der Waals surface area (Å²) in [6.07, 6.45) is 1.44. The van der Waals surface area contributed by atoms with Crippen LogP contribution in [0.25, 0.3) is 0 Å². The molecule has 1 aromatic heterocycles. The van der Waals surface area contributed by atoms with Gasteiger partial charge in [-0.1, -0.05) is 17.7 Å². The van der Waals surface area contributed by atoms with Gasteiger partial charge in [-0.25, -0.2) is 5.43 Å². The lowest BCUT2D eigenvalue weighted by atomic mass is 10.2. The quantitative estimate of drug-likeness (QED) is 0.650. The van der Waals surface area contributed by atoms with E-state index < -0.39 is 5.91 Å². The SMILES string of the molecule is C/C(CC(=O)Nc1ccc(C)c(Cl)c1)=N\NC(=O)c1ccco1. The maximum atomic E-state index is 11.9. The molecule has 7 heteroatoms. The second-order valence-corrected chi connectivity index (χ2v) is 5.36. The lowest BCUT2D eigenvalue weighted by Crippen LogP contribution is -2.21. The van der Waals surface area contributed by atoms with E-state index >= 15 is 0 Å². The number of furan rings is 1. The van der Waals surface area contributed by atoms with E-state index in [0.29, 0.717) is 16.4 Å². The third kappa shape index (κ3) is 4.96. The molecule has 0 aliphatic carbocycles. The van der Waals surface area contributed by atoms with E-state index in [0.717, 1.165) is 5.56 Å². The Morgan fingerprint density at radius 3 is 2.74 bits per heavy atom. The molecule has 0 fully saturated rings. The molecule has 2 rings (SSSR count). The lowest BCUT2D eigenvalue weighted by molar-refractivity contribution is -0.115. The van der Waals surface area contributed by atoms with Crippen LogP contribution in [0.3, 0.4) is 0 Å². The molecule has 1 heterocycles. The van der Waals surface area contributed by atoms with Crippen molar-refractivity contribution in [3.05, 3.63) is 52.9 Å². The predicted molar refractivity (Wildman–Crippen MR) is 88.7 cm³/mol. The molecule has 0 spiro atoms. The number of carbonyl (C=O) groups excluding carboxylic acids is 2. The van der Waals surface area contributed by atoms with Crippen molar-refractivity contribution in [2.75, 3.05) is 5.32 Å². The largest absolute Gasteiger partial charge is 0.459 e. The van der Waals surface area contributed by atoms with Gasteiger partial charge in [-0.15, -0.1) is 0 Å². The maximum Gasteiger partial charge on any atom is 0.307 e. The van der Waals surface area contributed by atoms with E-state index in [2.05, 4.69) is 15.8 Å². The van der Waals surface area contributed by atoms with E-state index in [9.17, 15) is 9.59 Å². The monoisotopic (exact) mass is 333 g/mol. The molecule has 23 heavy (non-hydrogen) atoms. The second kappa shape index (κ2) is 7.60. The number of hydrogen-bond donors (Lipinski definition) is 2. The summed E-state index contributed by atoms with van der Waals surface area (Å²) in [6, 6.07) is 8.40. The summed E-state index contributed by atoms with van der Waals surface area (Å²) in [5, 5.41) is 7.17. The molecule has 2 amide bonds. The summed E-state index contributed by atoms with van der Waals surface area (Å²) in [5.41, 5.74) is 4.33. The van der Waals surface area contributed by atoms with Gasteiger partial charge >= 0.3 is 5.91 Å². The van der Waals surface area contributed by atoms with Gasteiger partial charge in [0.05, 0.1) is 12.7 Å². The number of nitrogens with zero attached hydrogens (tertiary/aromatic N) is 1. The van der Waals surface area contributed by atoms with E-state index in [4.69, 9.17) is 16.0 Å². The third-order valence-corrected chi connectivity index (χ3v) is 3.37. The molecule has 6 nitrogen and oxygen atoms in total. The number of aryl methyl sites for hydroxylation is 1. The molecule has 0 saturated carbocycles. The van der Waals surface area contributed by atoms with Crippen molar-refractivity contribution in [2.24, 2.45) is 5.10 Å². The summed E-state index contributed by atoms with van der Waals surface area (Å²) in [4.78, 5) is 23.6. The first-order valence-corrected chi connectivity index (χ1v) is 7.26. The van der Waals surface area contributed by atoms with Crippen LogP contribution in [-0.2, 0) is 4.79 Å². The minimum absolute atomic E-state index is 0.0456. The number of hydrazone groups is 1. The minimum Gasteiger partial charge on any atom is -0.459 e. The summed E-state index contributed by atoms with van der Waals surface area (Å²) < 4.78 is 4.94. The van der Waals surface area contributed by atoms with Crippen molar-refractivity contribution >= 4 is 34.8 Å². The van der Waals surface area contributed by atoms with Gasteiger partial charge in [0, 0.05) is 16.4 Å². The zero-order valence-electron chi connectivity index (χ0n) is 12.7. The summed E-state index contributed by atoms with van der Waals surface area (Å²) >= 11 is 6.01. The fourth-order valence-corrected chi connectivity index (χ4v) is 1.94. The maximum absolute atomic E-state index is 11.9. The Morgan fingerprint density at radius 2 is 2.09 bits per heavy atom. The summed E-state index contributed by atoms with van der Waals surface area (Å²) in [5.74, 6) is -0.571. The van der Waals surface area contributed by atoms with Gasteiger partial charge in [-0.2, -0.15) is 5.10 Å². The van der Waals surface area contributed by atoms with E-state index in [-0.39, 0.29) is 18.1 Å². The van der Waals surface area contributed by atoms with Crippen LogP contribution in [-0.4, -0.2) is 17.5 Å². The Morgan fingerprint density at radius 1 is 1.30 bits per heavy atom. The van der Waals surface area contributed by atoms with Crippen molar-refractivity contribution in [3.8, 4) is 0 Å². The van der Waals surface area contributed by atoms with E-state index in [1.54, 1.807) is 25.1 Å². The zero-order chi connectivity index (χ0) is 16.8. The number of rotatable bonds is 5. The molecule has 0 bridgehead atoms. The fraction of sp³-hybridized carbons (Fsp3) is 0.188. The topological polar surface area (TPSA) is 83.7 Å². The standard InChI is InChI=1S/C16H16ClN3O3/c1-10-5-6-12(9-13(10)17)18-15(21)8-11(2)19-20-16(22)14-4-3-7-23-14/h3-7,9H,8H2,1-2H3,(H,18,21)(H,20,22)/b19-11+. The van der Waals surface area contributed by atoms with Crippen LogP contribution in [0.1, 0.15) is 29.5 Å². The Labute approximate surface area is 138 Å². The molecular weight excluding hydrogens is 318 g/mol. The van der Waals surface area contributed by atoms with Crippen LogP contribution < -0.4 is 10.7 Å². The van der Waals surface area contributed by atoms with Gasteiger partial charge < -0.3 is 9.73 Å². The van der Waals surface area contributed by atoms with Gasteiger partial charge in [0.2, 0.25) is 5.91 Å². The van der Waals surface area contributed by atoms with Crippen LogP contribution in [0.4, 0.5) is 5.69 Å².